The molecular formula is C31H44N4O7S. The minimum atomic E-state index is -4.19. The Hall–Kier alpha value is -3.41. The third kappa shape index (κ3) is 6.30. The van der Waals surface area contributed by atoms with Crippen molar-refractivity contribution in [2.45, 2.75) is 89.9 Å². The number of carbonyl (C=O) groups is 4. The van der Waals surface area contributed by atoms with Gasteiger partial charge in [-0.1, -0.05) is 58.9 Å². The minimum absolute atomic E-state index is 0.0481. The van der Waals surface area contributed by atoms with Gasteiger partial charge in [-0.2, -0.15) is 0 Å². The normalized spacial score (nSPS) is 28.1. The lowest BCUT2D eigenvalue weighted by Crippen LogP contribution is -2.61. The Morgan fingerprint density at radius 1 is 1.07 bits per heavy atom. The monoisotopic (exact) mass is 616 g/mol. The molecule has 1 heterocycles. The van der Waals surface area contributed by atoms with E-state index >= 15 is 0 Å². The van der Waals surface area contributed by atoms with Gasteiger partial charge in [-0.3, -0.25) is 14.4 Å². The molecular weight excluding hydrogens is 572 g/mol. The summed E-state index contributed by atoms with van der Waals surface area (Å²) < 4.78 is 33.4. The summed E-state index contributed by atoms with van der Waals surface area (Å²) in [6.45, 7) is 18.7. The van der Waals surface area contributed by atoms with Crippen molar-refractivity contribution in [3.05, 3.63) is 43.0 Å². The van der Waals surface area contributed by atoms with Gasteiger partial charge in [-0.05, 0) is 62.0 Å². The lowest BCUT2D eigenvalue weighted by atomic mass is 9.85. The number of amides is 4. The summed E-state index contributed by atoms with van der Waals surface area (Å²) in [6.07, 6.45) is 0.937. The van der Waals surface area contributed by atoms with Crippen molar-refractivity contribution >= 4 is 33.8 Å². The van der Waals surface area contributed by atoms with Crippen LogP contribution in [0.15, 0.2) is 47.9 Å². The van der Waals surface area contributed by atoms with E-state index in [4.69, 9.17) is 4.74 Å². The highest BCUT2D eigenvalue weighted by Gasteiger charge is 2.71. The maximum absolute atomic E-state index is 14.1. The predicted molar refractivity (Wildman–Crippen MR) is 160 cm³/mol. The highest BCUT2D eigenvalue weighted by Crippen LogP contribution is 2.65. The van der Waals surface area contributed by atoms with Gasteiger partial charge in [0.05, 0.1) is 4.90 Å². The average molecular weight is 617 g/mol. The van der Waals surface area contributed by atoms with Crippen LogP contribution >= 0.6 is 0 Å². The quantitative estimate of drug-likeness (QED) is 0.380. The Balaban J connectivity index is 1.58. The van der Waals surface area contributed by atoms with E-state index in [2.05, 4.69) is 21.9 Å². The molecule has 0 spiro atoms. The molecule has 3 fully saturated rings. The molecule has 0 aromatic heterocycles. The highest BCUT2D eigenvalue weighted by atomic mass is 32.2. The summed E-state index contributed by atoms with van der Waals surface area (Å²) in [5.74, 6) is -2.46. The van der Waals surface area contributed by atoms with E-state index in [1.807, 2.05) is 34.6 Å². The first kappa shape index (κ1) is 32.5. The summed E-state index contributed by atoms with van der Waals surface area (Å²) in [7, 11) is -4.19. The topological polar surface area (TPSA) is 151 Å². The second kappa shape index (κ2) is 10.6. The molecule has 12 heteroatoms. The molecule has 1 saturated heterocycles. The number of benzene rings is 1. The molecule has 4 unspecified atom stereocenters. The first-order valence-corrected chi connectivity index (χ1v) is 16.0. The van der Waals surface area contributed by atoms with Crippen LogP contribution in [0.25, 0.3) is 0 Å². The van der Waals surface area contributed by atoms with Crippen LogP contribution in [-0.4, -0.2) is 66.9 Å². The molecule has 0 radical (unpaired) electrons. The van der Waals surface area contributed by atoms with Crippen molar-refractivity contribution in [1.29, 1.82) is 0 Å². The summed E-state index contributed by atoms with van der Waals surface area (Å²) >= 11 is 0. The molecule has 6 atom stereocenters. The number of carbonyl (C=O) groups excluding carboxylic acids is 4. The van der Waals surface area contributed by atoms with E-state index in [1.165, 1.54) is 23.1 Å². The SMILES string of the molecule is C=CC1CC1(NC(=O)[C@@H]1C2C(CN1C(=O)[C@@H](NC(=O)OC(C)(C)C)C(C)(C)C)C2(C)C)C(=O)NS(=O)(=O)c1ccccc1. The number of rotatable bonds is 8. The zero-order valence-corrected chi connectivity index (χ0v) is 27.0. The van der Waals surface area contributed by atoms with Crippen LogP contribution in [0, 0.1) is 28.6 Å². The Morgan fingerprint density at radius 3 is 2.19 bits per heavy atom. The Kier molecular flexibility index (Phi) is 8.04. The van der Waals surface area contributed by atoms with Crippen molar-refractivity contribution in [3.8, 4) is 0 Å². The number of likely N-dealkylation sites (tertiary alicyclic amines) is 1. The molecule has 2 aliphatic carbocycles. The Labute approximate surface area is 254 Å². The van der Waals surface area contributed by atoms with Gasteiger partial charge in [-0.15, -0.1) is 6.58 Å². The van der Waals surface area contributed by atoms with Crippen molar-refractivity contribution in [2.75, 3.05) is 6.54 Å². The van der Waals surface area contributed by atoms with Gasteiger partial charge in [0.15, 0.2) is 0 Å². The lowest BCUT2D eigenvalue weighted by Gasteiger charge is -2.38. The summed E-state index contributed by atoms with van der Waals surface area (Å²) in [6, 6.07) is 5.57. The van der Waals surface area contributed by atoms with Crippen LogP contribution in [-0.2, 0) is 29.1 Å². The van der Waals surface area contributed by atoms with E-state index in [9.17, 15) is 27.6 Å². The molecule has 0 bridgehead atoms. The maximum Gasteiger partial charge on any atom is 0.408 e. The number of piperidine rings is 1. The van der Waals surface area contributed by atoms with Gasteiger partial charge < -0.3 is 20.3 Å². The molecule has 4 rings (SSSR count). The fraction of sp³-hybridized carbons (Fsp3) is 0.613. The van der Waals surface area contributed by atoms with Crippen molar-refractivity contribution in [1.82, 2.24) is 20.3 Å². The standard InChI is InChI=1S/C31H44N4O7S/c1-10-18-16-31(18,26(38)34-43(40,41)19-14-12-11-13-15-19)33-24(36)22-21-20(30(21,8)9)17-35(22)25(37)23(28(2,3)4)32-27(39)42-29(5,6)7/h10-15,18,20-23H,1,16-17H2,2-9H3,(H,32,39)(H,33,36)(H,34,38)/t18?,20?,21?,22-,23+,31?/m0/s1. The van der Waals surface area contributed by atoms with Gasteiger partial charge in [0.1, 0.15) is 23.2 Å². The third-order valence-electron chi connectivity index (χ3n) is 8.87. The number of nitrogens with zero attached hydrogens (tertiary/aromatic N) is 1. The fourth-order valence-electron chi connectivity index (χ4n) is 6.25. The van der Waals surface area contributed by atoms with Crippen molar-refractivity contribution in [3.63, 3.8) is 0 Å². The first-order chi connectivity index (χ1) is 19.7. The van der Waals surface area contributed by atoms with Crippen molar-refractivity contribution in [2.24, 2.45) is 28.6 Å². The number of alkyl carbamates (subject to hydrolysis) is 1. The summed E-state index contributed by atoms with van der Waals surface area (Å²) in [4.78, 5) is 55.7. The molecule has 4 amide bonds. The minimum Gasteiger partial charge on any atom is -0.444 e. The van der Waals surface area contributed by atoms with Crippen LogP contribution in [0.5, 0.6) is 0 Å². The number of fused-ring (bicyclic) bond motifs is 1. The van der Waals surface area contributed by atoms with E-state index in [0.29, 0.717) is 6.54 Å². The average Bonchev–Trinajstić information content (AvgIpc) is 3.63. The second-order valence-corrected chi connectivity index (χ2v) is 16.3. The molecule has 43 heavy (non-hydrogen) atoms. The number of hydrogen-bond donors (Lipinski definition) is 3. The third-order valence-corrected chi connectivity index (χ3v) is 10.2. The van der Waals surface area contributed by atoms with Crippen LogP contribution in [0.1, 0.15) is 61.8 Å². The maximum atomic E-state index is 14.1. The van der Waals surface area contributed by atoms with Gasteiger partial charge >= 0.3 is 6.09 Å². The van der Waals surface area contributed by atoms with Crippen LogP contribution in [0.2, 0.25) is 0 Å². The zero-order valence-electron chi connectivity index (χ0n) is 26.2. The number of sulfonamides is 1. The predicted octanol–water partition coefficient (Wildman–Crippen LogP) is 2.97. The molecule has 11 nitrogen and oxygen atoms in total. The molecule has 2 saturated carbocycles. The molecule has 1 aliphatic heterocycles. The van der Waals surface area contributed by atoms with E-state index in [1.54, 1.807) is 39.0 Å². The number of nitrogens with one attached hydrogen (secondary N) is 3. The fourth-order valence-corrected chi connectivity index (χ4v) is 7.31. The molecule has 1 aromatic rings. The zero-order chi connectivity index (χ0) is 32.3. The Bertz CT molecular complexity index is 1430. The summed E-state index contributed by atoms with van der Waals surface area (Å²) in [5.41, 5.74) is -3.23. The van der Waals surface area contributed by atoms with E-state index < -0.39 is 68.4 Å². The van der Waals surface area contributed by atoms with Gasteiger partial charge in [-0.25, -0.2) is 17.9 Å². The molecule has 3 N–H and O–H groups in total. The van der Waals surface area contributed by atoms with Crippen LogP contribution in [0.4, 0.5) is 4.79 Å². The number of ether oxygens (including phenoxy) is 1. The lowest BCUT2D eigenvalue weighted by molar-refractivity contribution is -0.144. The summed E-state index contributed by atoms with van der Waals surface area (Å²) in [5, 5.41) is 5.53. The van der Waals surface area contributed by atoms with E-state index in [-0.39, 0.29) is 28.6 Å². The van der Waals surface area contributed by atoms with Crippen LogP contribution < -0.4 is 15.4 Å². The Morgan fingerprint density at radius 2 is 1.67 bits per heavy atom. The largest absolute Gasteiger partial charge is 0.444 e. The van der Waals surface area contributed by atoms with Crippen molar-refractivity contribution < 1.29 is 32.3 Å². The molecule has 1 aromatic carbocycles. The van der Waals surface area contributed by atoms with Gasteiger partial charge in [0.2, 0.25) is 11.8 Å². The molecule has 3 aliphatic rings. The first-order valence-electron chi connectivity index (χ1n) is 14.5. The number of hydrogen-bond acceptors (Lipinski definition) is 7. The van der Waals surface area contributed by atoms with E-state index in [0.717, 1.165) is 0 Å². The van der Waals surface area contributed by atoms with Crippen LogP contribution in [0.3, 0.4) is 0 Å². The molecule has 236 valence electrons. The van der Waals surface area contributed by atoms with Gasteiger partial charge in [0.25, 0.3) is 15.9 Å². The highest BCUT2D eigenvalue weighted by molar-refractivity contribution is 7.90. The second-order valence-electron chi connectivity index (χ2n) is 14.6. The smallest absolute Gasteiger partial charge is 0.408 e. The van der Waals surface area contributed by atoms with Gasteiger partial charge in [0, 0.05) is 12.5 Å².